The second-order valence-corrected chi connectivity index (χ2v) is 5.04. The lowest BCUT2D eigenvalue weighted by Gasteiger charge is -2.17. The largest absolute Gasteiger partial charge is 0.198 e. The SMILES string of the molecule is CC(C#N)CC1CCC(C)(C)C1. The Hall–Kier alpha value is -0.510. The number of nitriles is 1. The molecule has 1 saturated carbocycles. The van der Waals surface area contributed by atoms with E-state index in [-0.39, 0.29) is 5.92 Å². The van der Waals surface area contributed by atoms with E-state index in [1.165, 1.54) is 19.3 Å². The zero-order valence-electron chi connectivity index (χ0n) is 8.43. The zero-order chi connectivity index (χ0) is 9.19. The van der Waals surface area contributed by atoms with Gasteiger partial charge in [0.05, 0.1) is 6.07 Å². The van der Waals surface area contributed by atoms with E-state index in [4.69, 9.17) is 5.26 Å². The molecule has 0 amide bonds. The Morgan fingerprint density at radius 3 is 2.67 bits per heavy atom. The summed E-state index contributed by atoms with van der Waals surface area (Å²) in [5.41, 5.74) is 0.542. The molecule has 0 radical (unpaired) electrons. The highest BCUT2D eigenvalue weighted by molar-refractivity contribution is 4.87. The quantitative estimate of drug-likeness (QED) is 0.615. The Bertz CT molecular complexity index is 188. The molecule has 0 saturated heterocycles. The maximum Gasteiger partial charge on any atom is 0.0652 e. The molecule has 12 heavy (non-hydrogen) atoms. The number of hydrogen-bond donors (Lipinski definition) is 0. The van der Waals surface area contributed by atoms with Gasteiger partial charge in [-0.2, -0.15) is 5.26 Å². The van der Waals surface area contributed by atoms with Gasteiger partial charge < -0.3 is 0 Å². The van der Waals surface area contributed by atoms with E-state index in [1.807, 2.05) is 6.92 Å². The average Bonchev–Trinajstić information content (AvgIpc) is 2.30. The summed E-state index contributed by atoms with van der Waals surface area (Å²) in [6, 6.07) is 2.32. The molecule has 2 unspecified atom stereocenters. The van der Waals surface area contributed by atoms with Crippen LogP contribution >= 0.6 is 0 Å². The van der Waals surface area contributed by atoms with Crippen LogP contribution < -0.4 is 0 Å². The molecule has 68 valence electrons. The van der Waals surface area contributed by atoms with Crippen LogP contribution in [0.1, 0.15) is 46.5 Å². The molecule has 0 aliphatic heterocycles. The summed E-state index contributed by atoms with van der Waals surface area (Å²) >= 11 is 0. The van der Waals surface area contributed by atoms with Crippen LogP contribution in [-0.4, -0.2) is 0 Å². The molecule has 0 N–H and O–H groups in total. The van der Waals surface area contributed by atoms with Gasteiger partial charge in [-0.1, -0.05) is 13.8 Å². The van der Waals surface area contributed by atoms with E-state index in [0.717, 1.165) is 12.3 Å². The first-order valence-electron chi connectivity index (χ1n) is 4.93. The third kappa shape index (κ3) is 2.52. The van der Waals surface area contributed by atoms with Crippen molar-refractivity contribution in [1.29, 1.82) is 5.26 Å². The first kappa shape index (κ1) is 9.58. The second kappa shape index (κ2) is 3.47. The van der Waals surface area contributed by atoms with Crippen molar-refractivity contribution in [3.8, 4) is 6.07 Å². The number of rotatable bonds is 2. The fourth-order valence-corrected chi connectivity index (χ4v) is 2.33. The van der Waals surface area contributed by atoms with Crippen molar-refractivity contribution in [2.45, 2.75) is 46.5 Å². The van der Waals surface area contributed by atoms with Crippen LogP contribution in [0.5, 0.6) is 0 Å². The Labute approximate surface area is 75.8 Å². The van der Waals surface area contributed by atoms with Crippen molar-refractivity contribution in [3.05, 3.63) is 0 Å². The Morgan fingerprint density at radius 2 is 2.25 bits per heavy atom. The van der Waals surface area contributed by atoms with Gasteiger partial charge in [-0.3, -0.25) is 0 Å². The minimum atomic E-state index is 0.254. The molecular formula is C11H19N. The van der Waals surface area contributed by atoms with Crippen LogP contribution in [0, 0.1) is 28.6 Å². The minimum absolute atomic E-state index is 0.254. The normalized spacial score (nSPS) is 29.7. The van der Waals surface area contributed by atoms with Gasteiger partial charge in [0.2, 0.25) is 0 Å². The molecule has 1 nitrogen and oxygen atoms in total. The van der Waals surface area contributed by atoms with E-state index in [1.54, 1.807) is 0 Å². The van der Waals surface area contributed by atoms with Gasteiger partial charge >= 0.3 is 0 Å². The van der Waals surface area contributed by atoms with Gasteiger partial charge in [-0.15, -0.1) is 0 Å². The first-order chi connectivity index (χ1) is 5.53. The fraction of sp³-hybridized carbons (Fsp3) is 0.909. The molecule has 1 rings (SSSR count). The lowest BCUT2D eigenvalue weighted by atomic mass is 9.88. The smallest absolute Gasteiger partial charge is 0.0652 e. The second-order valence-electron chi connectivity index (χ2n) is 5.04. The molecule has 0 aromatic heterocycles. The molecule has 0 spiro atoms. The van der Waals surface area contributed by atoms with E-state index >= 15 is 0 Å². The standard InChI is InChI=1S/C11H19N/c1-9(8-12)6-10-4-5-11(2,3)7-10/h9-10H,4-7H2,1-3H3. The Kier molecular flexibility index (Phi) is 2.77. The maximum absolute atomic E-state index is 8.68. The van der Waals surface area contributed by atoms with Crippen molar-refractivity contribution in [2.24, 2.45) is 17.3 Å². The molecule has 1 aliphatic rings. The molecular weight excluding hydrogens is 146 g/mol. The summed E-state index contributed by atoms with van der Waals surface area (Å²) in [5.74, 6) is 1.07. The van der Waals surface area contributed by atoms with Crippen LogP contribution in [0.25, 0.3) is 0 Å². The lowest BCUT2D eigenvalue weighted by molar-refractivity contribution is 0.345. The molecule has 1 fully saturated rings. The first-order valence-corrected chi connectivity index (χ1v) is 4.93. The maximum atomic E-state index is 8.68. The monoisotopic (exact) mass is 165 g/mol. The molecule has 1 aliphatic carbocycles. The molecule has 1 heteroatoms. The average molecular weight is 165 g/mol. The van der Waals surface area contributed by atoms with Gasteiger partial charge in [0.1, 0.15) is 0 Å². The number of nitrogens with zero attached hydrogens (tertiary/aromatic N) is 1. The van der Waals surface area contributed by atoms with E-state index in [0.29, 0.717) is 5.41 Å². The highest BCUT2D eigenvalue weighted by Gasteiger charge is 2.31. The zero-order valence-corrected chi connectivity index (χ0v) is 8.43. The van der Waals surface area contributed by atoms with Crippen LogP contribution in [0.3, 0.4) is 0 Å². The van der Waals surface area contributed by atoms with Gasteiger partial charge in [0, 0.05) is 5.92 Å². The van der Waals surface area contributed by atoms with Gasteiger partial charge in [-0.05, 0) is 43.9 Å². The van der Waals surface area contributed by atoms with Gasteiger partial charge in [0.25, 0.3) is 0 Å². The summed E-state index contributed by atoms with van der Waals surface area (Å²) in [7, 11) is 0. The van der Waals surface area contributed by atoms with Crippen LogP contribution in [0.15, 0.2) is 0 Å². The molecule has 2 atom stereocenters. The molecule has 0 bridgehead atoms. The van der Waals surface area contributed by atoms with Crippen molar-refractivity contribution in [1.82, 2.24) is 0 Å². The van der Waals surface area contributed by atoms with Crippen molar-refractivity contribution < 1.29 is 0 Å². The Morgan fingerprint density at radius 1 is 1.58 bits per heavy atom. The van der Waals surface area contributed by atoms with Gasteiger partial charge in [-0.25, -0.2) is 0 Å². The van der Waals surface area contributed by atoms with E-state index < -0.39 is 0 Å². The summed E-state index contributed by atoms with van der Waals surface area (Å²) < 4.78 is 0. The van der Waals surface area contributed by atoms with Crippen LogP contribution in [0.4, 0.5) is 0 Å². The minimum Gasteiger partial charge on any atom is -0.198 e. The van der Waals surface area contributed by atoms with Crippen LogP contribution in [0.2, 0.25) is 0 Å². The van der Waals surface area contributed by atoms with E-state index in [2.05, 4.69) is 19.9 Å². The van der Waals surface area contributed by atoms with Crippen molar-refractivity contribution in [3.63, 3.8) is 0 Å². The Balaban J connectivity index is 2.34. The van der Waals surface area contributed by atoms with Crippen molar-refractivity contribution >= 4 is 0 Å². The van der Waals surface area contributed by atoms with Crippen molar-refractivity contribution in [2.75, 3.05) is 0 Å². The predicted octanol–water partition coefficient (Wildman–Crippen LogP) is 3.36. The highest BCUT2D eigenvalue weighted by Crippen LogP contribution is 2.43. The number of hydrogen-bond acceptors (Lipinski definition) is 1. The third-order valence-corrected chi connectivity index (χ3v) is 2.98. The summed E-state index contributed by atoms with van der Waals surface area (Å²) in [5, 5.41) is 8.68. The summed E-state index contributed by atoms with van der Waals surface area (Å²) in [6.45, 7) is 6.71. The molecule has 0 heterocycles. The van der Waals surface area contributed by atoms with Crippen LogP contribution in [-0.2, 0) is 0 Å². The fourth-order valence-electron chi connectivity index (χ4n) is 2.33. The molecule has 0 aromatic rings. The van der Waals surface area contributed by atoms with Gasteiger partial charge in [0.15, 0.2) is 0 Å². The third-order valence-electron chi connectivity index (χ3n) is 2.98. The predicted molar refractivity (Wildman–Crippen MR) is 50.5 cm³/mol. The highest BCUT2D eigenvalue weighted by atomic mass is 14.4. The summed E-state index contributed by atoms with van der Waals surface area (Å²) in [4.78, 5) is 0. The van der Waals surface area contributed by atoms with E-state index in [9.17, 15) is 0 Å². The summed E-state index contributed by atoms with van der Waals surface area (Å²) in [6.07, 6.45) is 5.10. The lowest BCUT2D eigenvalue weighted by Crippen LogP contribution is -2.06. The topological polar surface area (TPSA) is 23.8 Å². The molecule has 0 aromatic carbocycles.